The van der Waals surface area contributed by atoms with Crippen LogP contribution in [-0.2, 0) is 0 Å². The maximum Gasteiger partial charge on any atom is 0.321 e. The van der Waals surface area contributed by atoms with Gasteiger partial charge in [0.15, 0.2) is 0 Å². The van der Waals surface area contributed by atoms with Crippen molar-refractivity contribution in [2.75, 3.05) is 11.9 Å². The molecule has 0 saturated carbocycles. The molecule has 0 fully saturated rings. The summed E-state index contributed by atoms with van der Waals surface area (Å²) in [5, 5.41) is 6.97. The van der Waals surface area contributed by atoms with Crippen LogP contribution in [0.4, 0.5) is 6.01 Å². The average molecular weight is 376 g/mol. The summed E-state index contributed by atoms with van der Waals surface area (Å²) in [6, 6.07) is 2.30. The van der Waals surface area contributed by atoms with Gasteiger partial charge in [0.2, 0.25) is 5.82 Å². The molecule has 0 aliphatic rings. The molecule has 2 heterocycles. The van der Waals surface area contributed by atoms with Gasteiger partial charge in [0.25, 0.3) is 0 Å². The molecule has 0 saturated heterocycles. The summed E-state index contributed by atoms with van der Waals surface area (Å²) in [6.45, 7) is 5.00. The normalized spacial score (nSPS) is 10.9. The molecule has 2 rings (SSSR count). The van der Waals surface area contributed by atoms with Crippen LogP contribution in [-0.4, -0.2) is 21.7 Å². The Morgan fingerprint density at radius 1 is 1.39 bits per heavy atom. The number of nitrogens with one attached hydrogen (secondary N) is 1. The zero-order valence-corrected chi connectivity index (χ0v) is 13.1. The predicted molar refractivity (Wildman–Crippen MR) is 76.3 cm³/mol. The molecule has 0 amide bonds. The summed E-state index contributed by atoms with van der Waals surface area (Å²) in [6.07, 6.45) is 1.69. The van der Waals surface area contributed by atoms with Gasteiger partial charge in [-0.05, 0) is 43.8 Å². The molecule has 0 bridgehead atoms. The van der Waals surface area contributed by atoms with E-state index in [1.165, 1.54) is 0 Å². The maximum absolute atomic E-state index is 5.11. The van der Waals surface area contributed by atoms with Crippen LogP contribution in [0.3, 0.4) is 0 Å². The van der Waals surface area contributed by atoms with E-state index in [1.807, 2.05) is 6.07 Å². The first-order chi connectivity index (χ1) is 8.56. The summed E-state index contributed by atoms with van der Waals surface area (Å²) in [4.78, 5) is 8.50. The second-order valence-corrected chi connectivity index (χ2v) is 5.95. The standard InChI is InChI=1S/C11H12Br2N4O/c1-6(2)4-15-11-16-10(17-18-11)9-8(13)3-7(12)5-14-9/h3,5-6H,4H2,1-2H3,(H,15,16,17). The van der Waals surface area contributed by atoms with Crippen molar-refractivity contribution in [3.05, 3.63) is 21.2 Å². The number of aromatic nitrogens is 3. The molecule has 0 unspecified atom stereocenters. The van der Waals surface area contributed by atoms with Crippen LogP contribution < -0.4 is 5.32 Å². The third kappa shape index (κ3) is 3.29. The second kappa shape index (κ2) is 5.79. The molecule has 96 valence electrons. The van der Waals surface area contributed by atoms with Gasteiger partial charge in [-0.15, -0.1) is 0 Å². The zero-order valence-electron chi connectivity index (χ0n) is 9.94. The van der Waals surface area contributed by atoms with Gasteiger partial charge in [0.05, 0.1) is 0 Å². The van der Waals surface area contributed by atoms with Crippen LogP contribution in [0.2, 0.25) is 0 Å². The summed E-state index contributed by atoms with van der Waals surface area (Å²) in [5.74, 6) is 0.971. The van der Waals surface area contributed by atoms with Crippen LogP contribution >= 0.6 is 31.9 Å². The topological polar surface area (TPSA) is 63.8 Å². The molecular formula is C11H12Br2N4O. The molecular weight excluding hydrogens is 364 g/mol. The molecule has 0 aromatic carbocycles. The molecule has 5 nitrogen and oxygen atoms in total. The van der Waals surface area contributed by atoms with Crippen molar-refractivity contribution in [3.8, 4) is 11.5 Å². The first-order valence-electron chi connectivity index (χ1n) is 5.45. The lowest BCUT2D eigenvalue weighted by Crippen LogP contribution is -2.07. The minimum absolute atomic E-state index is 0.412. The summed E-state index contributed by atoms with van der Waals surface area (Å²) in [7, 11) is 0. The van der Waals surface area contributed by atoms with Gasteiger partial charge in [-0.1, -0.05) is 19.0 Å². The van der Waals surface area contributed by atoms with E-state index in [2.05, 4.69) is 66.1 Å². The van der Waals surface area contributed by atoms with E-state index < -0.39 is 0 Å². The fourth-order valence-corrected chi connectivity index (χ4v) is 2.43. The van der Waals surface area contributed by atoms with E-state index in [9.17, 15) is 0 Å². The first kappa shape index (κ1) is 13.5. The number of rotatable bonds is 4. The Balaban J connectivity index is 2.18. The predicted octanol–water partition coefficient (Wildman–Crippen LogP) is 3.72. The first-order valence-corrected chi connectivity index (χ1v) is 7.04. The van der Waals surface area contributed by atoms with E-state index in [-0.39, 0.29) is 0 Å². The third-order valence-electron chi connectivity index (χ3n) is 2.11. The van der Waals surface area contributed by atoms with E-state index in [1.54, 1.807) is 6.20 Å². The number of nitrogens with zero attached hydrogens (tertiary/aromatic N) is 3. The third-order valence-corrected chi connectivity index (χ3v) is 3.15. The summed E-state index contributed by atoms with van der Waals surface area (Å²) in [5.41, 5.74) is 0.652. The molecule has 2 aromatic rings. The number of anilines is 1. The molecule has 0 spiro atoms. The molecule has 0 aliphatic carbocycles. The highest BCUT2D eigenvalue weighted by Crippen LogP contribution is 2.27. The Labute approximate surface area is 122 Å². The lowest BCUT2D eigenvalue weighted by atomic mass is 10.2. The van der Waals surface area contributed by atoms with Gasteiger partial charge in [0.1, 0.15) is 5.69 Å². The largest absolute Gasteiger partial charge is 0.337 e. The SMILES string of the molecule is CC(C)CNc1nc(-c2ncc(Br)cc2Br)no1. The van der Waals surface area contributed by atoms with Gasteiger partial charge < -0.3 is 9.84 Å². The Kier molecular flexibility index (Phi) is 4.34. The molecule has 7 heteroatoms. The lowest BCUT2D eigenvalue weighted by molar-refractivity contribution is 0.429. The molecule has 0 radical (unpaired) electrons. The van der Waals surface area contributed by atoms with Crippen LogP contribution in [0.5, 0.6) is 0 Å². The maximum atomic E-state index is 5.11. The van der Waals surface area contributed by atoms with E-state index >= 15 is 0 Å². The summed E-state index contributed by atoms with van der Waals surface area (Å²) >= 11 is 6.77. The van der Waals surface area contributed by atoms with Crippen molar-refractivity contribution in [2.45, 2.75) is 13.8 Å². The van der Waals surface area contributed by atoms with Crippen LogP contribution in [0, 0.1) is 5.92 Å². The minimum Gasteiger partial charge on any atom is -0.337 e. The fourth-order valence-electron chi connectivity index (χ4n) is 1.26. The van der Waals surface area contributed by atoms with Crippen molar-refractivity contribution in [2.24, 2.45) is 5.92 Å². The van der Waals surface area contributed by atoms with Crippen molar-refractivity contribution in [1.29, 1.82) is 0 Å². The Bertz CT molecular complexity index is 542. The van der Waals surface area contributed by atoms with Crippen molar-refractivity contribution >= 4 is 37.9 Å². The molecule has 18 heavy (non-hydrogen) atoms. The Hall–Kier alpha value is -0.950. The smallest absolute Gasteiger partial charge is 0.321 e. The lowest BCUT2D eigenvalue weighted by Gasteiger charge is -2.02. The van der Waals surface area contributed by atoms with Gasteiger partial charge in [-0.25, -0.2) is 0 Å². The van der Waals surface area contributed by atoms with Crippen LogP contribution in [0.15, 0.2) is 25.7 Å². The molecule has 1 N–H and O–H groups in total. The monoisotopic (exact) mass is 374 g/mol. The van der Waals surface area contributed by atoms with Crippen molar-refractivity contribution in [1.82, 2.24) is 15.1 Å². The van der Waals surface area contributed by atoms with Crippen LogP contribution in [0.1, 0.15) is 13.8 Å². The molecule has 2 aromatic heterocycles. The molecule has 0 atom stereocenters. The Morgan fingerprint density at radius 3 is 2.83 bits per heavy atom. The number of halogens is 2. The zero-order chi connectivity index (χ0) is 13.1. The highest BCUT2D eigenvalue weighted by molar-refractivity contribution is 9.11. The Morgan fingerprint density at radius 2 is 2.17 bits per heavy atom. The van der Waals surface area contributed by atoms with E-state index in [0.29, 0.717) is 23.5 Å². The number of hydrogen-bond donors (Lipinski definition) is 1. The summed E-state index contributed by atoms with van der Waals surface area (Å²) < 4.78 is 6.81. The fraction of sp³-hybridized carbons (Fsp3) is 0.364. The van der Waals surface area contributed by atoms with Gasteiger partial charge >= 0.3 is 6.01 Å². The molecule has 0 aliphatic heterocycles. The van der Waals surface area contributed by atoms with Crippen molar-refractivity contribution in [3.63, 3.8) is 0 Å². The second-order valence-electron chi connectivity index (χ2n) is 4.18. The average Bonchev–Trinajstić information content (AvgIpc) is 2.75. The van der Waals surface area contributed by atoms with Gasteiger partial charge in [0, 0.05) is 21.7 Å². The van der Waals surface area contributed by atoms with Gasteiger partial charge in [-0.3, -0.25) is 4.98 Å². The van der Waals surface area contributed by atoms with E-state index in [4.69, 9.17) is 4.52 Å². The number of hydrogen-bond acceptors (Lipinski definition) is 5. The number of pyridine rings is 1. The highest BCUT2D eigenvalue weighted by atomic mass is 79.9. The quantitative estimate of drug-likeness (QED) is 0.882. The van der Waals surface area contributed by atoms with Crippen LogP contribution in [0.25, 0.3) is 11.5 Å². The highest BCUT2D eigenvalue weighted by Gasteiger charge is 2.13. The van der Waals surface area contributed by atoms with Crippen molar-refractivity contribution < 1.29 is 4.52 Å². The van der Waals surface area contributed by atoms with E-state index in [0.717, 1.165) is 15.5 Å². The minimum atomic E-state index is 0.412. The van der Waals surface area contributed by atoms with Gasteiger partial charge in [-0.2, -0.15) is 4.98 Å².